The van der Waals surface area contributed by atoms with E-state index in [0.29, 0.717) is 4.49 Å². The topological polar surface area (TPSA) is 0 Å². The zero-order valence-electron chi connectivity index (χ0n) is 6.45. The van der Waals surface area contributed by atoms with Gasteiger partial charge in [-0.15, -0.1) is 0 Å². The van der Waals surface area contributed by atoms with Crippen molar-refractivity contribution in [3.05, 3.63) is 22.2 Å². The SMILES string of the molecule is ClC(Cl)=C1/C=C\CCCCC1. The van der Waals surface area contributed by atoms with Gasteiger partial charge in [0.1, 0.15) is 4.49 Å². The largest absolute Gasteiger partial charge is 0.110 e. The molecular formula is C9H12Cl2. The summed E-state index contributed by atoms with van der Waals surface area (Å²) in [6, 6.07) is 0. The number of halogens is 2. The molecule has 0 nitrogen and oxygen atoms in total. The average molecular weight is 191 g/mol. The van der Waals surface area contributed by atoms with Crippen molar-refractivity contribution < 1.29 is 0 Å². The molecule has 0 atom stereocenters. The molecule has 0 unspecified atom stereocenters. The fourth-order valence-electron chi connectivity index (χ4n) is 1.22. The van der Waals surface area contributed by atoms with Crippen molar-refractivity contribution in [2.45, 2.75) is 32.1 Å². The van der Waals surface area contributed by atoms with Crippen LogP contribution in [0, 0.1) is 0 Å². The van der Waals surface area contributed by atoms with Crippen LogP contribution in [0.2, 0.25) is 0 Å². The fraction of sp³-hybridized carbons (Fsp3) is 0.556. The minimum atomic E-state index is 0.433. The summed E-state index contributed by atoms with van der Waals surface area (Å²) in [6.07, 6.45) is 10.2. The summed E-state index contributed by atoms with van der Waals surface area (Å²) >= 11 is 11.4. The molecule has 1 rings (SSSR count). The van der Waals surface area contributed by atoms with Gasteiger partial charge < -0.3 is 0 Å². The first-order chi connectivity index (χ1) is 5.30. The zero-order valence-corrected chi connectivity index (χ0v) is 7.96. The van der Waals surface area contributed by atoms with Crippen molar-refractivity contribution in [3.8, 4) is 0 Å². The number of hydrogen-bond acceptors (Lipinski definition) is 0. The second-order valence-electron chi connectivity index (χ2n) is 2.79. The monoisotopic (exact) mass is 190 g/mol. The van der Waals surface area contributed by atoms with Crippen molar-refractivity contribution in [1.82, 2.24) is 0 Å². The molecule has 0 spiro atoms. The van der Waals surface area contributed by atoms with Crippen molar-refractivity contribution in [1.29, 1.82) is 0 Å². The maximum atomic E-state index is 5.68. The Morgan fingerprint density at radius 1 is 1.18 bits per heavy atom. The molecule has 0 fully saturated rings. The maximum absolute atomic E-state index is 5.68. The standard InChI is InChI=1S/C9H12Cl2/c10-9(11)8-6-4-2-1-3-5-7-8/h4,6H,1-3,5,7H2/b6-4-. The van der Waals surface area contributed by atoms with E-state index in [1.807, 2.05) is 0 Å². The van der Waals surface area contributed by atoms with Gasteiger partial charge in [-0.3, -0.25) is 0 Å². The van der Waals surface area contributed by atoms with Gasteiger partial charge in [0.25, 0.3) is 0 Å². The Morgan fingerprint density at radius 3 is 2.73 bits per heavy atom. The molecule has 0 saturated heterocycles. The molecule has 1 aliphatic rings. The third-order valence-corrected chi connectivity index (χ3v) is 2.36. The predicted molar refractivity (Wildman–Crippen MR) is 51.0 cm³/mol. The molecule has 0 heterocycles. The number of allylic oxidation sites excluding steroid dienone is 3. The highest BCUT2D eigenvalue weighted by atomic mass is 35.5. The molecule has 62 valence electrons. The van der Waals surface area contributed by atoms with Crippen LogP contribution in [-0.4, -0.2) is 0 Å². The Kier molecular flexibility index (Phi) is 4.03. The van der Waals surface area contributed by atoms with E-state index in [9.17, 15) is 0 Å². The van der Waals surface area contributed by atoms with Crippen molar-refractivity contribution in [2.75, 3.05) is 0 Å². The lowest BCUT2D eigenvalue weighted by Gasteiger charge is -2.05. The minimum Gasteiger partial charge on any atom is -0.0842 e. The number of rotatable bonds is 0. The van der Waals surface area contributed by atoms with Gasteiger partial charge in [0.15, 0.2) is 0 Å². The molecule has 0 aromatic carbocycles. The van der Waals surface area contributed by atoms with Gasteiger partial charge in [-0.2, -0.15) is 0 Å². The lowest BCUT2D eigenvalue weighted by atomic mass is 10.0. The van der Waals surface area contributed by atoms with Crippen LogP contribution in [0.25, 0.3) is 0 Å². The fourth-order valence-corrected chi connectivity index (χ4v) is 1.54. The average Bonchev–Trinajstić information content (AvgIpc) is 1.84. The molecule has 0 aliphatic heterocycles. The van der Waals surface area contributed by atoms with Crippen LogP contribution in [0.1, 0.15) is 32.1 Å². The molecule has 0 radical (unpaired) electrons. The first-order valence-corrected chi connectivity index (χ1v) is 4.77. The van der Waals surface area contributed by atoms with Gasteiger partial charge in [0, 0.05) is 0 Å². The van der Waals surface area contributed by atoms with E-state index in [1.165, 1.54) is 19.3 Å². The van der Waals surface area contributed by atoms with Gasteiger partial charge in [-0.05, 0) is 31.3 Å². The lowest BCUT2D eigenvalue weighted by molar-refractivity contribution is 0.679. The van der Waals surface area contributed by atoms with Gasteiger partial charge in [-0.1, -0.05) is 41.8 Å². The Hall–Kier alpha value is 0.0600. The highest BCUT2D eigenvalue weighted by Gasteiger charge is 2.01. The van der Waals surface area contributed by atoms with E-state index >= 15 is 0 Å². The number of hydrogen-bond donors (Lipinski definition) is 0. The first-order valence-electron chi connectivity index (χ1n) is 4.01. The normalized spacial score (nSPS) is 22.2. The van der Waals surface area contributed by atoms with Crippen LogP contribution in [0.5, 0.6) is 0 Å². The molecular weight excluding hydrogens is 179 g/mol. The predicted octanol–water partition coefficient (Wildman–Crippen LogP) is 4.20. The van der Waals surface area contributed by atoms with Crippen LogP contribution in [-0.2, 0) is 0 Å². The molecule has 1 aliphatic carbocycles. The molecule has 0 amide bonds. The molecule has 2 heteroatoms. The van der Waals surface area contributed by atoms with Gasteiger partial charge in [0.2, 0.25) is 0 Å². The van der Waals surface area contributed by atoms with Crippen LogP contribution >= 0.6 is 23.2 Å². The molecule has 0 saturated carbocycles. The molecule has 11 heavy (non-hydrogen) atoms. The third-order valence-electron chi connectivity index (χ3n) is 1.88. The summed E-state index contributed by atoms with van der Waals surface area (Å²) in [5.74, 6) is 0. The summed E-state index contributed by atoms with van der Waals surface area (Å²) in [7, 11) is 0. The van der Waals surface area contributed by atoms with Crippen LogP contribution in [0.15, 0.2) is 22.2 Å². The summed E-state index contributed by atoms with van der Waals surface area (Å²) in [4.78, 5) is 0. The van der Waals surface area contributed by atoms with Crippen molar-refractivity contribution >= 4 is 23.2 Å². The van der Waals surface area contributed by atoms with E-state index in [-0.39, 0.29) is 0 Å². The molecule has 0 aromatic rings. The third kappa shape index (κ3) is 3.31. The molecule has 0 N–H and O–H groups in total. The van der Waals surface area contributed by atoms with Crippen molar-refractivity contribution in [2.24, 2.45) is 0 Å². The van der Waals surface area contributed by atoms with E-state index in [4.69, 9.17) is 23.2 Å². The Labute approximate surface area is 77.9 Å². The highest BCUT2D eigenvalue weighted by Crippen LogP contribution is 2.23. The van der Waals surface area contributed by atoms with Gasteiger partial charge >= 0.3 is 0 Å². The summed E-state index contributed by atoms with van der Waals surface area (Å²) in [6.45, 7) is 0. The first kappa shape index (κ1) is 9.15. The Bertz CT molecular complexity index is 176. The van der Waals surface area contributed by atoms with E-state index in [0.717, 1.165) is 18.4 Å². The summed E-state index contributed by atoms with van der Waals surface area (Å²) in [5, 5.41) is 0. The van der Waals surface area contributed by atoms with Crippen LogP contribution in [0.4, 0.5) is 0 Å². The second kappa shape index (κ2) is 4.84. The molecule has 0 bridgehead atoms. The molecule has 0 aromatic heterocycles. The quantitative estimate of drug-likeness (QED) is 0.538. The van der Waals surface area contributed by atoms with Gasteiger partial charge in [-0.25, -0.2) is 0 Å². The highest BCUT2D eigenvalue weighted by molar-refractivity contribution is 6.56. The van der Waals surface area contributed by atoms with Crippen LogP contribution in [0.3, 0.4) is 0 Å². The van der Waals surface area contributed by atoms with E-state index < -0.39 is 0 Å². The second-order valence-corrected chi connectivity index (χ2v) is 3.74. The smallest absolute Gasteiger partial charge is 0.0842 e. The Balaban J connectivity index is 2.63. The van der Waals surface area contributed by atoms with Gasteiger partial charge in [0.05, 0.1) is 0 Å². The lowest BCUT2D eigenvalue weighted by Crippen LogP contribution is -1.86. The maximum Gasteiger partial charge on any atom is 0.110 e. The Morgan fingerprint density at radius 2 is 2.00 bits per heavy atom. The summed E-state index contributed by atoms with van der Waals surface area (Å²) in [5.41, 5.74) is 1.09. The minimum absolute atomic E-state index is 0.433. The summed E-state index contributed by atoms with van der Waals surface area (Å²) < 4.78 is 0.433. The van der Waals surface area contributed by atoms with Crippen molar-refractivity contribution in [3.63, 3.8) is 0 Å². The van der Waals surface area contributed by atoms with E-state index in [2.05, 4.69) is 12.2 Å². The zero-order chi connectivity index (χ0) is 8.10. The van der Waals surface area contributed by atoms with E-state index in [1.54, 1.807) is 0 Å². The van der Waals surface area contributed by atoms with Crippen LogP contribution < -0.4 is 0 Å².